The van der Waals surface area contributed by atoms with Crippen LogP contribution in [0.5, 0.6) is 5.75 Å². The number of ether oxygens (including phenoxy) is 1. The first-order valence-electron chi connectivity index (χ1n) is 9.59. The molecule has 0 aliphatic carbocycles. The van der Waals surface area contributed by atoms with Crippen molar-refractivity contribution < 1.29 is 9.13 Å². The Bertz CT molecular complexity index is 1260. The molecule has 0 aliphatic rings. The number of fused-ring (bicyclic) bond motifs is 1. The standard InChI is InChI=1S/C25H20FN3O/c1-16-10-23-24(11-17(16)2)29-25(28-23)20(14-27)12-18-6-5-8-21(13-18)30-15-19-7-3-4-9-22(19)26/h3-13H,15H2,1-2H3,(H,28,29)/b20-12+. The van der Waals surface area contributed by atoms with Crippen molar-refractivity contribution in [1.82, 2.24) is 9.97 Å². The van der Waals surface area contributed by atoms with Crippen LogP contribution in [0.3, 0.4) is 0 Å². The van der Waals surface area contributed by atoms with Crippen LogP contribution < -0.4 is 4.74 Å². The number of aromatic nitrogens is 2. The minimum absolute atomic E-state index is 0.132. The van der Waals surface area contributed by atoms with Gasteiger partial charge in [-0.2, -0.15) is 5.26 Å². The summed E-state index contributed by atoms with van der Waals surface area (Å²) in [6.45, 7) is 4.22. The molecule has 0 saturated carbocycles. The molecule has 30 heavy (non-hydrogen) atoms. The average molecular weight is 397 g/mol. The van der Waals surface area contributed by atoms with Gasteiger partial charge in [0.05, 0.1) is 16.6 Å². The van der Waals surface area contributed by atoms with E-state index in [1.54, 1.807) is 30.3 Å². The molecule has 0 fully saturated rings. The van der Waals surface area contributed by atoms with Crippen molar-refractivity contribution in [3.63, 3.8) is 0 Å². The topological polar surface area (TPSA) is 61.7 Å². The zero-order valence-corrected chi connectivity index (χ0v) is 16.7. The number of aryl methyl sites for hydroxylation is 2. The lowest BCUT2D eigenvalue weighted by molar-refractivity contribution is 0.300. The van der Waals surface area contributed by atoms with E-state index in [9.17, 15) is 9.65 Å². The van der Waals surface area contributed by atoms with Crippen molar-refractivity contribution >= 4 is 22.7 Å². The van der Waals surface area contributed by atoms with Gasteiger partial charge in [-0.25, -0.2) is 9.37 Å². The molecule has 148 valence electrons. The van der Waals surface area contributed by atoms with E-state index in [2.05, 4.69) is 16.0 Å². The van der Waals surface area contributed by atoms with E-state index in [0.29, 0.717) is 22.7 Å². The lowest BCUT2D eigenvalue weighted by atomic mass is 10.1. The number of aromatic amines is 1. The van der Waals surface area contributed by atoms with Crippen LogP contribution in [0.25, 0.3) is 22.7 Å². The summed E-state index contributed by atoms with van der Waals surface area (Å²) in [5, 5.41) is 9.68. The van der Waals surface area contributed by atoms with Gasteiger partial charge in [0.1, 0.15) is 30.1 Å². The molecule has 0 amide bonds. The normalized spacial score (nSPS) is 11.5. The third-order valence-corrected chi connectivity index (χ3v) is 4.99. The van der Waals surface area contributed by atoms with Crippen LogP contribution in [0.1, 0.15) is 28.1 Å². The first-order valence-corrected chi connectivity index (χ1v) is 9.59. The zero-order chi connectivity index (χ0) is 21.1. The van der Waals surface area contributed by atoms with Gasteiger partial charge >= 0.3 is 0 Å². The molecule has 0 radical (unpaired) electrons. The number of nitrogens with zero attached hydrogens (tertiary/aromatic N) is 2. The number of halogens is 1. The first kappa shape index (κ1) is 19.4. The number of nitrogens with one attached hydrogen (secondary N) is 1. The van der Waals surface area contributed by atoms with Gasteiger partial charge in [-0.3, -0.25) is 0 Å². The molecule has 0 unspecified atom stereocenters. The largest absolute Gasteiger partial charge is 0.489 e. The van der Waals surface area contributed by atoms with Crippen LogP contribution in [0, 0.1) is 31.0 Å². The van der Waals surface area contributed by atoms with Crippen molar-refractivity contribution in [2.45, 2.75) is 20.5 Å². The van der Waals surface area contributed by atoms with E-state index in [4.69, 9.17) is 4.74 Å². The minimum atomic E-state index is -0.296. The second-order valence-electron chi connectivity index (χ2n) is 7.16. The van der Waals surface area contributed by atoms with E-state index in [1.165, 1.54) is 11.6 Å². The number of hydrogen-bond acceptors (Lipinski definition) is 3. The van der Waals surface area contributed by atoms with E-state index < -0.39 is 0 Å². The highest BCUT2D eigenvalue weighted by Gasteiger charge is 2.10. The van der Waals surface area contributed by atoms with Gasteiger partial charge in [-0.05, 0) is 66.9 Å². The Balaban J connectivity index is 1.59. The molecule has 0 aliphatic heterocycles. The molecule has 4 nitrogen and oxygen atoms in total. The predicted octanol–water partition coefficient (Wildman–Crippen LogP) is 5.96. The summed E-state index contributed by atoms with van der Waals surface area (Å²) in [7, 11) is 0. The van der Waals surface area contributed by atoms with Gasteiger partial charge in [0, 0.05) is 5.56 Å². The fourth-order valence-electron chi connectivity index (χ4n) is 3.19. The fourth-order valence-corrected chi connectivity index (χ4v) is 3.19. The summed E-state index contributed by atoms with van der Waals surface area (Å²) in [6.07, 6.45) is 1.76. The SMILES string of the molecule is Cc1cc2nc(/C(C#N)=C/c3cccc(OCc4ccccc4F)c3)[nH]c2cc1C. The highest BCUT2D eigenvalue weighted by atomic mass is 19.1. The lowest BCUT2D eigenvalue weighted by Crippen LogP contribution is -1.98. The smallest absolute Gasteiger partial charge is 0.149 e. The van der Waals surface area contributed by atoms with Gasteiger partial charge < -0.3 is 9.72 Å². The van der Waals surface area contributed by atoms with Gasteiger partial charge in [0.15, 0.2) is 0 Å². The number of rotatable bonds is 5. The van der Waals surface area contributed by atoms with Crippen LogP contribution in [-0.2, 0) is 6.61 Å². The van der Waals surface area contributed by atoms with Gasteiger partial charge in [-0.1, -0.05) is 30.3 Å². The van der Waals surface area contributed by atoms with Crippen LogP contribution >= 0.6 is 0 Å². The Morgan fingerprint density at radius 2 is 1.90 bits per heavy atom. The maximum Gasteiger partial charge on any atom is 0.149 e. The third kappa shape index (κ3) is 4.08. The van der Waals surface area contributed by atoms with Crippen LogP contribution in [0.2, 0.25) is 0 Å². The Morgan fingerprint density at radius 3 is 2.70 bits per heavy atom. The lowest BCUT2D eigenvalue weighted by Gasteiger charge is -2.08. The molecular formula is C25H20FN3O. The quantitative estimate of drug-likeness (QED) is 0.423. The van der Waals surface area contributed by atoms with Gasteiger partial charge in [-0.15, -0.1) is 0 Å². The fraction of sp³-hybridized carbons (Fsp3) is 0.120. The highest BCUT2D eigenvalue weighted by molar-refractivity contribution is 5.90. The Kier molecular flexibility index (Phi) is 5.32. The number of imidazole rings is 1. The van der Waals surface area contributed by atoms with Gasteiger partial charge in [0.2, 0.25) is 0 Å². The zero-order valence-electron chi connectivity index (χ0n) is 16.7. The average Bonchev–Trinajstić information content (AvgIpc) is 3.14. The summed E-state index contributed by atoms with van der Waals surface area (Å²) in [5.41, 5.74) is 5.76. The minimum Gasteiger partial charge on any atom is -0.489 e. The highest BCUT2D eigenvalue weighted by Crippen LogP contribution is 2.23. The molecular weight excluding hydrogens is 377 g/mol. The van der Waals surface area contributed by atoms with Gasteiger partial charge in [0.25, 0.3) is 0 Å². The maximum absolute atomic E-state index is 13.8. The van der Waals surface area contributed by atoms with Crippen molar-refractivity contribution in [3.05, 3.63) is 94.6 Å². The Hall–Kier alpha value is -3.91. The molecule has 0 spiro atoms. The summed E-state index contributed by atoms with van der Waals surface area (Å²) in [4.78, 5) is 7.80. The second-order valence-corrected chi connectivity index (χ2v) is 7.16. The number of benzene rings is 3. The van der Waals surface area contributed by atoms with E-state index in [1.807, 2.05) is 44.2 Å². The molecule has 0 atom stereocenters. The number of hydrogen-bond donors (Lipinski definition) is 1. The molecule has 4 rings (SSSR count). The summed E-state index contributed by atoms with van der Waals surface area (Å²) in [6, 6.07) is 20.1. The van der Waals surface area contributed by atoms with E-state index >= 15 is 0 Å². The molecule has 0 bridgehead atoms. The molecule has 0 saturated heterocycles. The molecule has 3 aromatic carbocycles. The molecule has 4 aromatic rings. The number of allylic oxidation sites excluding steroid dienone is 1. The molecule has 1 N–H and O–H groups in total. The van der Waals surface area contributed by atoms with Crippen molar-refractivity contribution in [2.24, 2.45) is 0 Å². The monoisotopic (exact) mass is 397 g/mol. The first-order chi connectivity index (χ1) is 14.5. The Labute approximate surface area is 174 Å². The molecule has 1 aromatic heterocycles. The van der Waals surface area contributed by atoms with Crippen molar-refractivity contribution in [1.29, 1.82) is 5.26 Å². The second kappa shape index (κ2) is 8.22. The summed E-state index contributed by atoms with van der Waals surface area (Å²) in [5.74, 6) is 0.825. The third-order valence-electron chi connectivity index (χ3n) is 4.99. The van der Waals surface area contributed by atoms with Crippen LogP contribution in [-0.4, -0.2) is 9.97 Å². The summed E-state index contributed by atoms with van der Waals surface area (Å²) < 4.78 is 19.5. The van der Waals surface area contributed by atoms with E-state index in [-0.39, 0.29) is 12.4 Å². The van der Waals surface area contributed by atoms with Crippen LogP contribution in [0.4, 0.5) is 4.39 Å². The molecule has 5 heteroatoms. The maximum atomic E-state index is 13.8. The van der Waals surface area contributed by atoms with Crippen molar-refractivity contribution in [2.75, 3.05) is 0 Å². The van der Waals surface area contributed by atoms with Crippen LogP contribution in [0.15, 0.2) is 60.7 Å². The predicted molar refractivity (Wildman–Crippen MR) is 116 cm³/mol. The number of H-pyrrole nitrogens is 1. The molecule has 1 heterocycles. The number of nitriles is 1. The van der Waals surface area contributed by atoms with Crippen molar-refractivity contribution in [3.8, 4) is 11.8 Å². The Morgan fingerprint density at radius 1 is 1.10 bits per heavy atom. The van der Waals surface area contributed by atoms with E-state index in [0.717, 1.165) is 22.2 Å². The summed E-state index contributed by atoms with van der Waals surface area (Å²) >= 11 is 0.